The molecule has 2 atom stereocenters. The van der Waals surface area contributed by atoms with Crippen molar-refractivity contribution in [2.75, 3.05) is 32.3 Å². The quantitative estimate of drug-likeness (QED) is 0.288. The molecule has 42 heavy (non-hydrogen) atoms. The average Bonchev–Trinajstić information content (AvgIpc) is 2.92. The Morgan fingerprint density at radius 3 is 1.98 bits per heavy atom. The standard InChI is InChI=1S/C28H32F6N2O6/c1-6-8-42-25(37)35(15-17-10-18(27(29,30)31)12-19(11-17)28(32,33)34)21-9-16(3)36(26(38)41-7-2)22-14-24(40-5)23(39-4)13-20(21)22/h10-14,16,21H,6-9,15H2,1-5H3/t16-,21+/m0/s1. The molecule has 14 heteroatoms. The maximum atomic E-state index is 13.6. The van der Waals surface area contributed by atoms with Crippen molar-refractivity contribution in [3.8, 4) is 11.5 Å². The van der Waals surface area contributed by atoms with Crippen molar-refractivity contribution in [3.05, 3.63) is 52.6 Å². The van der Waals surface area contributed by atoms with Gasteiger partial charge < -0.3 is 18.9 Å². The van der Waals surface area contributed by atoms with Gasteiger partial charge in [-0.25, -0.2) is 9.59 Å². The van der Waals surface area contributed by atoms with Gasteiger partial charge in [-0.1, -0.05) is 6.92 Å². The number of ether oxygens (including phenoxy) is 4. The molecule has 0 fully saturated rings. The molecule has 232 valence electrons. The summed E-state index contributed by atoms with van der Waals surface area (Å²) in [5.41, 5.74) is -2.83. The van der Waals surface area contributed by atoms with Crippen molar-refractivity contribution in [2.24, 2.45) is 0 Å². The minimum absolute atomic E-state index is 0.0234. The molecule has 0 radical (unpaired) electrons. The van der Waals surface area contributed by atoms with Crippen LogP contribution in [0.1, 0.15) is 61.9 Å². The maximum Gasteiger partial charge on any atom is 0.416 e. The highest BCUT2D eigenvalue weighted by atomic mass is 19.4. The van der Waals surface area contributed by atoms with E-state index < -0.39 is 59.9 Å². The Balaban J connectivity index is 2.22. The van der Waals surface area contributed by atoms with Gasteiger partial charge in [-0.05, 0) is 56.5 Å². The van der Waals surface area contributed by atoms with Gasteiger partial charge in [-0.15, -0.1) is 0 Å². The van der Waals surface area contributed by atoms with E-state index in [1.54, 1.807) is 20.8 Å². The zero-order chi connectivity index (χ0) is 31.4. The van der Waals surface area contributed by atoms with E-state index in [2.05, 4.69) is 0 Å². The molecule has 8 nitrogen and oxygen atoms in total. The van der Waals surface area contributed by atoms with Crippen molar-refractivity contribution < 1.29 is 54.9 Å². The Hall–Kier alpha value is -3.84. The smallest absolute Gasteiger partial charge is 0.416 e. The third-order valence-electron chi connectivity index (χ3n) is 6.66. The number of anilines is 1. The Morgan fingerprint density at radius 1 is 0.905 bits per heavy atom. The van der Waals surface area contributed by atoms with Crippen LogP contribution in [0.25, 0.3) is 0 Å². The molecule has 0 spiro atoms. The summed E-state index contributed by atoms with van der Waals surface area (Å²) in [4.78, 5) is 28.7. The molecule has 2 aromatic rings. The third-order valence-corrected chi connectivity index (χ3v) is 6.66. The minimum Gasteiger partial charge on any atom is -0.493 e. The molecule has 0 unspecified atom stereocenters. The summed E-state index contributed by atoms with van der Waals surface area (Å²) in [5.74, 6) is 0.464. The number of amides is 2. The highest BCUT2D eigenvalue weighted by Crippen LogP contribution is 2.47. The molecule has 0 N–H and O–H groups in total. The average molecular weight is 607 g/mol. The SMILES string of the molecule is CCCOC(=O)N(Cc1cc(C(F)(F)F)cc(C(F)(F)F)c1)[C@@H]1C[C@H](C)N(C(=O)OCC)c2cc(OC)c(OC)cc21. The number of carbonyl (C=O) groups excluding carboxylic acids is 2. The van der Waals surface area contributed by atoms with Crippen LogP contribution in [0.2, 0.25) is 0 Å². The zero-order valence-electron chi connectivity index (χ0n) is 23.7. The van der Waals surface area contributed by atoms with Crippen LogP contribution in [0.4, 0.5) is 41.6 Å². The first kappa shape index (κ1) is 32.7. The van der Waals surface area contributed by atoms with Crippen molar-refractivity contribution in [2.45, 2.75) is 64.6 Å². The second kappa shape index (κ2) is 13.0. The first-order valence-corrected chi connectivity index (χ1v) is 13.1. The summed E-state index contributed by atoms with van der Waals surface area (Å²) in [6.45, 7) is 4.40. The van der Waals surface area contributed by atoms with Crippen LogP contribution in [0.3, 0.4) is 0 Å². The number of benzene rings is 2. The van der Waals surface area contributed by atoms with E-state index >= 15 is 0 Å². The van der Waals surface area contributed by atoms with Crippen LogP contribution in [-0.2, 0) is 28.4 Å². The third kappa shape index (κ3) is 7.13. The van der Waals surface area contributed by atoms with Crippen LogP contribution in [-0.4, -0.2) is 50.6 Å². The predicted molar refractivity (Wildman–Crippen MR) is 139 cm³/mol. The van der Waals surface area contributed by atoms with E-state index in [0.717, 1.165) is 4.90 Å². The molecule has 0 bridgehead atoms. The summed E-state index contributed by atoms with van der Waals surface area (Å²) in [5, 5.41) is 0. The molecule has 0 saturated heterocycles. The highest BCUT2D eigenvalue weighted by Gasteiger charge is 2.42. The summed E-state index contributed by atoms with van der Waals surface area (Å²) in [6, 6.07) is 2.60. The number of alkyl halides is 6. The molecule has 3 rings (SSSR count). The molecule has 0 aromatic heterocycles. The van der Waals surface area contributed by atoms with Crippen LogP contribution in [0.15, 0.2) is 30.3 Å². The Morgan fingerprint density at radius 2 is 1.48 bits per heavy atom. The lowest BCUT2D eigenvalue weighted by Crippen LogP contribution is -2.47. The first-order chi connectivity index (χ1) is 19.7. The second-order valence-electron chi connectivity index (χ2n) is 9.59. The van der Waals surface area contributed by atoms with E-state index in [1.165, 1.54) is 31.3 Å². The number of rotatable bonds is 8. The summed E-state index contributed by atoms with van der Waals surface area (Å²) in [7, 11) is 2.74. The van der Waals surface area contributed by atoms with Crippen molar-refractivity contribution in [3.63, 3.8) is 0 Å². The van der Waals surface area contributed by atoms with Gasteiger partial charge in [0.15, 0.2) is 11.5 Å². The van der Waals surface area contributed by atoms with Crippen LogP contribution in [0, 0.1) is 0 Å². The lowest BCUT2D eigenvalue weighted by molar-refractivity contribution is -0.143. The Bertz CT molecular complexity index is 1250. The lowest BCUT2D eigenvalue weighted by atomic mass is 9.90. The number of nitrogens with zero attached hydrogens (tertiary/aromatic N) is 2. The van der Waals surface area contributed by atoms with Crippen LogP contribution >= 0.6 is 0 Å². The van der Waals surface area contributed by atoms with Gasteiger partial charge in [0.1, 0.15) is 0 Å². The van der Waals surface area contributed by atoms with Crippen molar-refractivity contribution >= 4 is 17.9 Å². The molecular formula is C28H32F6N2O6. The normalized spacial score (nSPS) is 16.9. The van der Waals surface area contributed by atoms with Crippen LogP contribution < -0.4 is 14.4 Å². The lowest BCUT2D eigenvalue weighted by Gasteiger charge is -2.42. The fraction of sp³-hybridized carbons (Fsp3) is 0.500. The molecular weight excluding hydrogens is 574 g/mol. The minimum atomic E-state index is -5.07. The van der Waals surface area contributed by atoms with Crippen molar-refractivity contribution in [1.82, 2.24) is 4.90 Å². The molecule has 0 saturated carbocycles. The number of methoxy groups -OCH3 is 2. The monoisotopic (exact) mass is 606 g/mol. The topological polar surface area (TPSA) is 77.5 Å². The predicted octanol–water partition coefficient (Wildman–Crippen LogP) is 7.59. The van der Waals surface area contributed by atoms with E-state index in [9.17, 15) is 35.9 Å². The van der Waals surface area contributed by atoms with E-state index in [4.69, 9.17) is 18.9 Å². The van der Waals surface area contributed by atoms with Gasteiger partial charge in [0.05, 0.1) is 50.3 Å². The van der Waals surface area contributed by atoms with Gasteiger partial charge in [-0.3, -0.25) is 9.80 Å². The number of fused-ring (bicyclic) bond motifs is 1. The molecule has 0 aliphatic carbocycles. The fourth-order valence-electron chi connectivity index (χ4n) is 4.80. The van der Waals surface area contributed by atoms with Gasteiger partial charge >= 0.3 is 24.5 Å². The van der Waals surface area contributed by atoms with Gasteiger partial charge in [-0.2, -0.15) is 26.3 Å². The molecule has 1 aliphatic rings. The fourth-order valence-corrected chi connectivity index (χ4v) is 4.80. The molecule has 2 amide bonds. The summed E-state index contributed by atoms with van der Waals surface area (Å²) in [6.07, 6.45) is -11.3. The first-order valence-electron chi connectivity index (χ1n) is 13.1. The van der Waals surface area contributed by atoms with Crippen LogP contribution in [0.5, 0.6) is 11.5 Å². The Kier molecular flexibility index (Phi) is 10.1. The van der Waals surface area contributed by atoms with E-state index in [0.29, 0.717) is 24.1 Å². The molecule has 1 heterocycles. The molecule has 1 aliphatic heterocycles. The zero-order valence-corrected chi connectivity index (χ0v) is 23.7. The van der Waals surface area contributed by atoms with E-state index in [1.807, 2.05) is 0 Å². The molecule has 2 aromatic carbocycles. The highest BCUT2D eigenvalue weighted by molar-refractivity contribution is 5.91. The number of hydrogen-bond donors (Lipinski definition) is 0. The van der Waals surface area contributed by atoms with Crippen molar-refractivity contribution in [1.29, 1.82) is 0 Å². The number of carbonyl (C=O) groups is 2. The van der Waals surface area contributed by atoms with E-state index in [-0.39, 0.29) is 42.9 Å². The number of hydrogen-bond acceptors (Lipinski definition) is 6. The van der Waals surface area contributed by atoms with Gasteiger partial charge in [0.2, 0.25) is 0 Å². The largest absolute Gasteiger partial charge is 0.493 e. The number of halogens is 6. The van der Waals surface area contributed by atoms with Gasteiger partial charge in [0.25, 0.3) is 0 Å². The van der Waals surface area contributed by atoms with Gasteiger partial charge in [0, 0.05) is 24.2 Å². The summed E-state index contributed by atoms with van der Waals surface area (Å²) < 4.78 is 103. The second-order valence-corrected chi connectivity index (χ2v) is 9.59. The maximum absolute atomic E-state index is 13.6. The summed E-state index contributed by atoms with van der Waals surface area (Å²) >= 11 is 0. The Labute approximate surface area is 239 Å².